The molecule has 220 valence electrons. The molecule has 0 radical (unpaired) electrons. The quantitative estimate of drug-likeness (QED) is 0.298. The van der Waals surface area contributed by atoms with Crippen LogP contribution in [-0.2, 0) is 11.3 Å². The first-order chi connectivity index (χ1) is 19.9. The third-order valence-electron chi connectivity index (χ3n) is 7.78. The van der Waals surface area contributed by atoms with Gasteiger partial charge in [0.05, 0.1) is 28.4 Å². The van der Waals surface area contributed by atoms with E-state index in [4.69, 9.17) is 21.3 Å². The number of methoxy groups -OCH3 is 1. The lowest BCUT2D eigenvalue weighted by atomic mass is 9.97. The highest BCUT2D eigenvalue weighted by Crippen LogP contribution is 2.33. The minimum Gasteiger partial charge on any atom is -0.478 e. The van der Waals surface area contributed by atoms with Gasteiger partial charge in [-0.25, -0.2) is 19.2 Å². The van der Waals surface area contributed by atoms with Crippen molar-refractivity contribution >= 4 is 40.3 Å². The van der Waals surface area contributed by atoms with E-state index in [1.54, 1.807) is 39.2 Å². The second kappa shape index (κ2) is 11.3. The summed E-state index contributed by atoms with van der Waals surface area (Å²) in [5.41, 5.74) is 3.12. The van der Waals surface area contributed by atoms with Crippen molar-refractivity contribution in [1.29, 1.82) is 0 Å². The number of aromatic nitrogens is 3. The number of rotatable bonds is 7. The number of nitrogens with zero attached hydrogens (tertiary/aromatic N) is 5. The Labute approximate surface area is 248 Å². The summed E-state index contributed by atoms with van der Waals surface area (Å²) in [6.07, 6.45) is 1.89. The first-order valence-corrected chi connectivity index (χ1v) is 14.0. The number of aromatic carboxylic acids is 1. The van der Waals surface area contributed by atoms with Crippen LogP contribution in [0.3, 0.4) is 0 Å². The third kappa shape index (κ3) is 5.44. The van der Waals surface area contributed by atoms with Crippen molar-refractivity contribution < 1.29 is 23.8 Å². The van der Waals surface area contributed by atoms with E-state index in [0.717, 1.165) is 10.9 Å². The number of pyridine rings is 2. The zero-order valence-electron chi connectivity index (χ0n) is 24.2. The van der Waals surface area contributed by atoms with Gasteiger partial charge in [-0.1, -0.05) is 17.7 Å². The molecule has 5 rings (SSSR count). The highest BCUT2D eigenvalue weighted by molar-refractivity contribution is 6.30. The molecule has 0 aliphatic carbocycles. The van der Waals surface area contributed by atoms with Gasteiger partial charge in [-0.2, -0.15) is 0 Å². The molecule has 0 spiro atoms. The number of anilines is 1. The number of carboxylic acid groups (broad SMARTS) is 1. The number of hydrogen-bond donors (Lipinski definition) is 1. The molecule has 0 bridgehead atoms. The van der Waals surface area contributed by atoms with Crippen LogP contribution >= 0.6 is 11.6 Å². The number of halogens is 2. The number of piperazine rings is 1. The molecule has 1 saturated heterocycles. The van der Waals surface area contributed by atoms with E-state index in [9.17, 15) is 19.1 Å². The van der Waals surface area contributed by atoms with Gasteiger partial charge in [-0.3, -0.25) is 4.79 Å². The molecule has 1 amide bonds. The lowest BCUT2D eigenvalue weighted by molar-refractivity contribution is 0.0507. The van der Waals surface area contributed by atoms with Gasteiger partial charge in [0.1, 0.15) is 23.0 Å². The van der Waals surface area contributed by atoms with Crippen LogP contribution in [0.4, 0.5) is 10.2 Å². The van der Waals surface area contributed by atoms with Crippen molar-refractivity contribution in [3.63, 3.8) is 0 Å². The molecule has 3 aromatic heterocycles. The summed E-state index contributed by atoms with van der Waals surface area (Å²) in [7, 11) is 1.62. The fraction of sp³-hybridized carbons (Fsp3) is 0.355. The van der Waals surface area contributed by atoms with Crippen LogP contribution < -0.4 is 4.90 Å². The van der Waals surface area contributed by atoms with E-state index >= 15 is 0 Å². The third-order valence-corrected chi connectivity index (χ3v) is 8.08. The maximum absolute atomic E-state index is 14.3. The Morgan fingerprint density at radius 3 is 2.52 bits per heavy atom. The first-order valence-electron chi connectivity index (χ1n) is 13.6. The summed E-state index contributed by atoms with van der Waals surface area (Å²) in [4.78, 5) is 38.8. The first kappa shape index (κ1) is 29.5. The zero-order chi connectivity index (χ0) is 30.3. The topological polar surface area (TPSA) is 101 Å². The van der Waals surface area contributed by atoms with E-state index in [0.29, 0.717) is 66.8 Å². The van der Waals surface area contributed by atoms with E-state index < -0.39 is 17.3 Å². The highest BCUT2D eigenvalue weighted by atomic mass is 35.5. The normalized spacial score (nSPS) is 14.9. The molecule has 1 aromatic carbocycles. The lowest BCUT2D eigenvalue weighted by Gasteiger charge is -2.47. The maximum Gasteiger partial charge on any atom is 0.337 e. The summed E-state index contributed by atoms with van der Waals surface area (Å²) in [5, 5.41) is 10.3. The number of amides is 1. The average molecular weight is 594 g/mol. The molecule has 4 aromatic rings. The monoisotopic (exact) mass is 593 g/mol. The van der Waals surface area contributed by atoms with Crippen molar-refractivity contribution in [2.45, 2.75) is 39.8 Å². The van der Waals surface area contributed by atoms with E-state index in [2.05, 4.69) is 9.88 Å². The molecule has 1 aliphatic heterocycles. The maximum atomic E-state index is 14.3. The van der Waals surface area contributed by atoms with Crippen molar-refractivity contribution in [3.05, 3.63) is 75.9 Å². The Morgan fingerprint density at radius 1 is 1.12 bits per heavy atom. The molecule has 4 heterocycles. The smallest absolute Gasteiger partial charge is 0.337 e. The van der Waals surface area contributed by atoms with Crippen molar-refractivity contribution in [1.82, 2.24) is 19.4 Å². The molecule has 0 unspecified atom stereocenters. The fourth-order valence-electron chi connectivity index (χ4n) is 5.70. The van der Waals surface area contributed by atoms with Crippen LogP contribution in [0.5, 0.6) is 0 Å². The molecule has 0 saturated carbocycles. The Hall–Kier alpha value is -4.02. The molecular formula is C31H33ClFN5O4. The number of ether oxygens (including phenoxy) is 1. The van der Waals surface area contributed by atoms with Crippen molar-refractivity contribution in [3.8, 4) is 11.1 Å². The van der Waals surface area contributed by atoms with E-state index in [1.807, 2.05) is 35.6 Å². The predicted octanol–water partition coefficient (Wildman–Crippen LogP) is 5.59. The number of benzene rings is 1. The Morgan fingerprint density at radius 2 is 1.88 bits per heavy atom. The number of carbonyl (C=O) groups excluding carboxylic acids is 1. The molecule has 11 heteroatoms. The summed E-state index contributed by atoms with van der Waals surface area (Å²) in [5.74, 6) is -1.00. The van der Waals surface area contributed by atoms with Gasteiger partial charge in [0.15, 0.2) is 0 Å². The van der Waals surface area contributed by atoms with Crippen LogP contribution in [0.2, 0.25) is 5.02 Å². The van der Waals surface area contributed by atoms with Gasteiger partial charge in [-0.05, 0) is 69.2 Å². The van der Waals surface area contributed by atoms with Crippen molar-refractivity contribution in [2.24, 2.45) is 0 Å². The van der Waals surface area contributed by atoms with Crippen LogP contribution in [-0.4, -0.2) is 75.3 Å². The van der Waals surface area contributed by atoms with Crippen LogP contribution in [0.15, 0.2) is 42.6 Å². The Balaban J connectivity index is 1.44. The average Bonchev–Trinajstić information content (AvgIpc) is 3.29. The molecule has 1 aliphatic rings. The van der Waals surface area contributed by atoms with Gasteiger partial charge >= 0.3 is 5.97 Å². The SMILES string of the molecule is COCCn1cc(-c2ccc(Cl)c(F)c2)c2ccc(C(=O)N3CCN(c4cc(C)c(C(=O)O)c(C)n4)CC3(C)C)nc21. The second-order valence-corrected chi connectivity index (χ2v) is 11.6. The molecular weight excluding hydrogens is 561 g/mol. The second-order valence-electron chi connectivity index (χ2n) is 11.2. The molecule has 0 atom stereocenters. The number of aryl methyl sites for hydroxylation is 2. The van der Waals surface area contributed by atoms with Gasteiger partial charge in [0, 0.05) is 50.4 Å². The molecule has 1 fully saturated rings. The van der Waals surface area contributed by atoms with Crippen LogP contribution in [0, 0.1) is 19.7 Å². The summed E-state index contributed by atoms with van der Waals surface area (Å²) in [6, 6.07) is 10.0. The largest absolute Gasteiger partial charge is 0.478 e. The number of carboxylic acids is 1. The Kier molecular flexibility index (Phi) is 7.96. The number of fused-ring (bicyclic) bond motifs is 1. The van der Waals surface area contributed by atoms with E-state index in [1.165, 1.54) is 12.1 Å². The number of hydrogen-bond acceptors (Lipinski definition) is 6. The van der Waals surface area contributed by atoms with Crippen molar-refractivity contribution in [2.75, 3.05) is 38.3 Å². The minimum atomic E-state index is -0.995. The molecule has 42 heavy (non-hydrogen) atoms. The van der Waals surface area contributed by atoms with Gasteiger partial charge in [0.25, 0.3) is 5.91 Å². The predicted molar refractivity (Wildman–Crippen MR) is 160 cm³/mol. The standard InChI is InChI=1S/C31H33ClFN5O4/c1-18-14-26(34-19(2)27(18)30(40)41)37-10-11-38(31(3,4)17-37)29(39)25-9-7-21-22(20-6-8-23(32)24(33)15-20)16-36(12-13-42-5)28(21)35-25/h6-9,14-16H,10-13,17H2,1-5H3,(H,40,41). The van der Waals surface area contributed by atoms with Crippen LogP contribution in [0.1, 0.15) is 46.0 Å². The van der Waals surface area contributed by atoms with E-state index in [-0.39, 0.29) is 16.5 Å². The van der Waals surface area contributed by atoms with Gasteiger partial charge in [0.2, 0.25) is 0 Å². The van der Waals surface area contributed by atoms with Gasteiger partial charge in [-0.15, -0.1) is 0 Å². The lowest BCUT2D eigenvalue weighted by Crippen LogP contribution is -2.61. The Bertz CT molecular complexity index is 1680. The summed E-state index contributed by atoms with van der Waals surface area (Å²) >= 11 is 5.91. The van der Waals surface area contributed by atoms with Crippen LogP contribution in [0.25, 0.3) is 22.2 Å². The zero-order valence-corrected chi connectivity index (χ0v) is 25.0. The highest BCUT2D eigenvalue weighted by Gasteiger charge is 2.38. The summed E-state index contributed by atoms with van der Waals surface area (Å²) < 4.78 is 21.5. The fourth-order valence-corrected chi connectivity index (χ4v) is 5.82. The molecule has 9 nitrogen and oxygen atoms in total. The minimum absolute atomic E-state index is 0.0499. The number of carbonyl (C=O) groups is 2. The van der Waals surface area contributed by atoms with Gasteiger partial charge < -0.3 is 24.2 Å². The summed E-state index contributed by atoms with van der Waals surface area (Å²) in [6.45, 7) is 9.88. The molecule has 1 N–H and O–H groups in total.